The van der Waals surface area contributed by atoms with E-state index in [-0.39, 0.29) is 5.82 Å². The van der Waals surface area contributed by atoms with Gasteiger partial charge in [0.2, 0.25) is 0 Å². The maximum Gasteiger partial charge on any atom is 0.125 e. The molecule has 1 N–H and O–H groups in total. The SMILES string of the molecule is Cc1ccc(OCCNc2cc(F)ccc2C)cc1. The van der Waals surface area contributed by atoms with Crippen molar-refractivity contribution in [2.45, 2.75) is 13.8 Å². The van der Waals surface area contributed by atoms with E-state index in [9.17, 15) is 4.39 Å². The quantitative estimate of drug-likeness (QED) is 0.821. The number of anilines is 1. The summed E-state index contributed by atoms with van der Waals surface area (Å²) >= 11 is 0. The Morgan fingerprint density at radius 2 is 1.79 bits per heavy atom. The van der Waals surface area contributed by atoms with Crippen LogP contribution in [0.3, 0.4) is 0 Å². The monoisotopic (exact) mass is 259 g/mol. The van der Waals surface area contributed by atoms with Gasteiger partial charge in [-0.15, -0.1) is 0 Å². The smallest absolute Gasteiger partial charge is 0.125 e. The van der Waals surface area contributed by atoms with Crippen LogP contribution < -0.4 is 10.1 Å². The van der Waals surface area contributed by atoms with Crippen LogP contribution in [-0.4, -0.2) is 13.2 Å². The number of nitrogens with one attached hydrogen (secondary N) is 1. The molecule has 0 atom stereocenters. The third kappa shape index (κ3) is 3.98. The Kier molecular flexibility index (Phi) is 4.39. The number of halogens is 1. The first-order valence-electron chi connectivity index (χ1n) is 6.34. The van der Waals surface area contributed by atoms with E-state index < -0.39 is 0 Å². The molecule has 0 bridgehead atoms. The lowest BCUT2D eigenvalue weighted by Crippen LogP contribution is -2.12. The summed E-state index contributed by atoms with van der Waals surface area (Å²) in [5.74, 6) is 0.621. The Morgan fingerprint density at radius 1 is 1.05 bits per heavy atom. The molecule has 0 aliphatic rings. The summed E-state index contributed by atoms with van der Waals surface area (Å²) in [5, 5.41) is 3.17. The van der Waals surface area contributed by atoms with Gasteiger partial charge in [0.15, 0.2) is 0 Å². The number of hydrogen-bond donors (Lipinski definition) is 1. The molecule has 2 nitrogen and oxygen atoms in total. The molecule has 0 spiro atoms. The zero-order valence-corrected chi connectivity index (χ0v) is 11.2. The van der Waals surface area contributed by atoms with Gasteiger partial charge in [-0.1, -0.05) is 23.8 Å². The molecule has 0 radical (unpaired) electrons. The minimum absolute atomic E-state index is 0.229. The van der Waals surface area contributed by atoms with Gasteiger partial charge in [-0.05, 0) is 43.7 Å². The second kappa shape index (κ2) is 6.23. The Balaban J connectivity index is 1.80. The molecule has 0 unspecified atom stereocenters. The van der Waals surface area contributed by atoms with Crippen LogP contribution >= 0.6 is 0 Å². The summed E-state index contributed by atoms with van der Waals surface area (Å²) in [6, 6.07) is 12.6. The van der Waals surface area contributed by atoms with E-state index in [0.717, 1.165) is 17.0 Å². The van der Waals surface area contributed by atoms with E-state index in [0.29, 0.717) is 13.2 Å². The molecule has 19 heavy (non-hydrogen) atoms. The van der Waals surface area contributed by atoms with E-state index in [1.54, 1.807) is 6.07 Å². The zero-order valence-electron chi connectivity index (χ0n) is 11.2. The first kappa shape index (κ1) is 13.4. The summed E-state index contributed by atoms with van der Waals surface area (Å²) in [5.41, 5.74) is 3.05. The number of ether oxygens (including phenoxy) is 1. The Hall–Kier alpha value is -2.03. The molecule has 2 aromatic carbocycles. The van der Waals surface area contributed by atoms with Gasteiger partial charge in [0.25, 0.3) is 0 Å². The molecule has 0 aliphatic carbocycles. The largest absolute Gasteiger partial charge is 0.492 e. The van der Waals surface area contributed by atoms with Crippen molar-refractivity contribution in [3.8, 4) is 5.75 Å². The highest BCUT2D eigenvalue weighted by atomic mass is 19.1. The summed E-state index contributed by atoms with van der Waals surface area (Å²) < 4.78 is 18.7. The van der Waals surface area contributed by atoms with Crippen LogP contribution in [0.25, 0.3) is 0 Å². The standard InChI is InChI=1S/C16H18FNO/c1-12-3-7-15(8-4-12)19-10-9-18-16-11-14(17)6-5-13(16)2/h3-8,11,18H,9-10H2,1-2H3. The number of hydrogen-bond acceptors (Lipinski definition) is 2. The van der Waals surface area contributed by atoms with Crippen molar-refractivity contribution in [2.24, 2.45) is 0 Å². The van der Waals surface area contributed by atoms with Crippen molar-refractivity contribution in [3.63, 3.8) is 0 Å². The highest BCUT2D eigenvalue weighted by Crippen LogP contribution is 2.16. The molecule has 0 fully saturated rings. The van der Waals surface area contributed by atoms with Gasteiger partial charge < -0.3 is 10.1 Å². The molecule has 0 aromatic heterocycles. The zero-order chi connectivity index (χ0) is 13.7. The van der Waals surface area contributed by atoms with Crippen LogP contribution in [0.1, 0.15) is 11.1 Å². The molecule has 2 rings (SSSR count). The molecular weight excluding hydrogens is 241 g/mol. The van der Waals surface area contributed by atoms with Gasteiger partial charge in [0, 0.05) is 12.2 Å². The number of aryl methyl sites for hydroxylation is 2. The second-order valence-electron chi connectivity index (χ2n) is 4.55. The minimum Gasteiger partial charge on any atom is -0.492 e. The third-order valence-electron chi connectivity index (χ3n) is 2.91. The van der Waals surface area contributed by atoms with Crippen molar-refractivity contribution in [2.75, 3.05) is 18.5 Å². The highest BCUT2D eigenvalue weighted by Gasteiger charge is 1.99. The Bertz CT molecular complexity index is 537. The molecule has 2 aromatic rings. The van der Waals surface area contributed by atoms with Gasteiger partial charge >= 0.3 is 0 Å². The van der Waals surface area contributed by atoms with Crippen molar-refractivity contribution >= 4 is 5.69 Å². The summed E-state index contributed by atoms with van der Waals surface area (Å²) in [6.45, 7) is 5.16. The fourth-order valence-electron chi connectivity index (χ4n) is 1.77. The summed E-state index contributed by atoms with van der Waals surface area (Å²) in [6.07, 6.45) is 0. The summed E-state index contributed by atoms with van der Waals surface area (Å²) in [7, 11) is 0. The van der Waals surface area contributed by atoms with E-state index in [4.69, 9.17) is 4.74 Å². The van der Waals surface area contributed by atoms with E-state index in [2.05, 4.69) is 5.32 Å². The second-order valence-corrected chi connectivity index (χ2v) is 4.55. The number of rotatable bonds is 5. The van der Waals surface area contributed by atoms with Crippen molar-refractivity contribution in [1.29, 1.82) is 0 Å². The maximum atomic E-state index is 13.1. The minimum atomic E-state index is -0.229. The first-order chi connectivity index (χ1) is 9.15. The topological polar surface area (TPSA) is 21.3 Å². The van der Waals surface area contributed by atoms with Gasteiger partial charge in [-0.25, -0.2) is 4.39 Å². The van der Waals surface area contributed by atoms with Crippen LogP contribution in [0, 0.1) is 19.7 Å². The lowest BCUT2D eigenvalue weighted by Gasteiger charge is -2.11. The molecule has 0 aliphatic heterocycles. The average Bonchev–Trinajstić information content (AvgIpc) is 2.40. The van der Waals surface area contributed by atoms with E-state index in [1.807, 2.05) is 38.1 Å². The van der Waals surface area contributed by atoms with Crippen LogP contribution in [0.4, 0.5) is 10.1 Å². The molecule has 0 saturated carbocycles. The van der Waals surface area contributed by atoms with Crippen LogP contribution in [0.2, 0.25) is 0 Å². The molecule has 0 heterocycles. The normalized spacial score (nSPS) is 10.3. The highest BCUT2D eigenvalue weighted by molar-refractivity contribution is 5.50. The van der Waals surface area contributed by atoms with Gasteiger partial charge in [-0.3, -0.25) is 0 Å². The van der Waals surface area contributed by atoms with Crippen LogP contribution in [-0.2, 0) is 0 Å². The first-order valence-corrected chi connectivity index (χ1v) is 6.34. The van der Waals surface area contributed by atoms with Crippen LogP contribution in [0.5, 0.6) is 5.75 Å². The van der Waals surface area contributed by atoms with E-state index >= 15 is 0 Å². The molecule has 0 saturated heterocycles. The number of benzene rings is 2. The lowest BCUT2D eigenvalue weighted by molar-refractivity contribution is 0.333. The molecule has 0 amide bonds. The van der Waals surface area contributed by atoms with Gasteiger partial charge in [0.1, 0.15) is 18.2 Å². The lowest BCUT2D eigenvalue weighted by atomic mass is 10.2. The Morgan fingerprint density at radius 3 is 2.53 bits per heavy atom. The van der Waals surface area contributed by atoms with Crippen LogP contribution in [0.15, 0.2) is 42.5 Å². The predicted octanol–water partition coefficient (Wildman–Crippen LogP) is 3.93. The molecular formula is C16H18FNO. The fraction of sp³-hybridized carbons (Fsp3) is 0.250. The maximum absolute atomic E-state index is 13.1. The van der Waals surface area contributed by atoms with Crippen molar-refractivity contribution in [3.05, 3.63) is 59.4 Å². The average molecular weight is 259 g/mol. The van der Waals surface area contributed by atoms with E-state index in [1.165, 1.54) is 17.7 Å². The van der Waals surface area contributed by atoms with Crippen molar-refractivity contribution < 1.29 is 9.13 Å². The summed E-state index contributed by atoms with van der Waals surface area (Å²) in [4.78, 5) is 0. The van der Waals surface area contributed by atoms with Gasteiger partial charge in [0.05, 0.1) is 0 Å². The predicted molar refractivity (Wildman–Crippen MR) is 76.3 cm³/mol. The fourth-order valence-corrected chi connectivity index (χ4v) is 1.77. The third-order valence-corrected chi connectivity index (χ3v) is 2.91. The Labute approximate surface area is 113 Å². The molecule has 100 valence electrons. The molecule has 3 heteroatoms. The van der Waals surface area contributed by atoms with Gasteiger partial charge in [-0.2, -0.15) is 0 Å². The van der Waals surface area contributed by atoms with Crippen molar-refractivity contribution in [1.82, 2.24) is 0 Å².